The van der Waals surface area contributed by atoms with E-state index >= 15 is 0 Å². The smallest absolute Gasteiger partial charge is 0.212 e. The molecule has 0 heterocycles. The first-order chi connectivity index (χ1) is 10.5. The van der Waals surface area contributed by atoms with E-state index in [4.69, 9.17) is 11.5 Å². The quantitative estimate of drug-likeness (QED) is 0.328. The first-order valence-corrected chi connectivity index (χ1v) is 7.86. The van der Waals surface area contributed by atoms with Crippen molar-refractivity contribution >= 4 is 18.8 Å². The van der Waals surface area contributed by atoms with Crippen molar-refractivity contribution in [1.82, 2.24) is 5.32 Å². The SMILES string of the molecule is C=NC/C=C(/N)NCC1CCCC(C(C)[C@H](N)C(=O)C=O)C1. The lowest BCUT2D eigenvalue weighted by Crippen LogP contribution is -2.42. The van der Waals surface area contributed by atoms with Gasteiger partial charge in [-0.25, -0.2) is 0 Å². The Hall–Kier alpha value is -1.69. The zero-order valence-corrected chi connectivity index (χ0v) is 13.3. The fourth-order valence-electron chi connectivity index (χ4n) is 3.12. The van der Waals surface area contributed by atoms with Crippen LogP contribution in [0.3, 0.4) is 0 Å². The van der Waals surface area contributed by atoms with Crippen LogP contribution in [0.5, 0.6) is 0 Å². The molecule has 0 amide bonds. The first kappa shape index (κ1) is 18.4. The molecular weight excluding hydrogens is 280 g/mol. The molecule has 124 valence electrons. The van der Waals surface area contributed by atoms with Crippen LogP contribution >= 0.6 is 0 Å². The van der Waals surface area contributed by atoms with E-state index in [1.807, 2.05) is 6.92 Å². The van der Waals surface area contributed by atoms with E-state index < -0.39 is 11.8 Å². The summed E-state index contributed by atoms with van der Waals surface area (Å²) in [5.41, 5.74) is 11.7. The number of nitrogens with one attached hydrogen (secondary N) is 1. The molecule has 1 fully saturated rings. The second-order valence-electron chi connectivity index (χ2n) is 6.14. The lowest BCUT2D eigenvalue weighted by atomic mass is 9.73. The van der Waals surface area contributed by atoms with Crippen LogP contribution in [-0.2, 0) is 9.59 Å². The molecule has 22 heavy (non-hydrogen) atoms. The van der Waals surface area contributed by atoms with E-state index in [0.717, 1.165) is 32.2 Å². The van der Waals surface area contributed by atoms with Gasteiger partial charge in [0.05, 0.1) is 18.4 Å². The molecule has 6 heteroatoms. The van der Waals surface area contributed by atoms with Crippen LogP contribution in [0, 0.1) is 17.8 Å². The second-order valence-corrected chi connectivity index (χ2v) is 6.14. The number of aliphatic imine (C=N–C) groups is 1. The number of carbonyl (C=O) groups is 2. The zero-order valence-electron chi connectivity index (χ0n) is 13.3. The van der Waals surface area contributed by atoms with Crippen molar-refractivity contribution in [3.63, 3.8) is 0 Å². The molecule has 1 rings (SSSR count). The molecule has 0 radical (unpaired) electrons. The summed E-state index contributed by atoms with van der Waals surface area (Å²) in [6, 6.07) is -0.683. The number of hydrogen-bond acceptors (Lipinski definition) is 6. The Morgan fingerprint density at radius 2 is 2.23 bits per heavy atom. The molecule has 0 aromatic heterocycles. The Morgan fingerprint density at radius 1 is 1.50 bits per heavy atom. The number of nitrogens with zero attached hydrogens (tertiary/aromatic N) is 1. The van der Waals surface area contributed by atoms with E-state index in [1.54, 1.807) is 6.08 Å². The molecule has 5 N–H and O–H groups in total. The van der Waals surface area contributed by atoms with Gasteiger partial charge in [-0.15, -0.1) is 0 Å². The maximum atomic E-state index is 11.4. The number of hydrogen-bond donors (Lipinski definition) is 3. The highest BCUT2D eigenvalue weighted by Gasteiger charge is 2.31. The van der Waals surface area contributed by atoms with Crippen molar-refractivity contribution in [2.45, 2.75) is 38.6 Å². The van der Waals surface area contributed by atoms with Crippen LogP contribution in [0.4, 0.5) is 0 Å². The van der Waals surface area contributed by atoms with E-state index in [-0.39, 0.29) is 5.92 Å². The summed E-state index contributed by atoms with van der Waals surface area (Å²) < 4.78 is 0. The van der Waals surface area contributed by atoms with Crippen LogP contribution in [-0.4, -0.2) is 37.9 Å². The lowest BCUT2D eigenvalue weighted by molar-refractivity contribution is -0.131. The highest BCUT2D eigenvalue weighted by Crippen LogP contribution is 2.34. The number of nitrogens with two attached hydrogens (primary N) is 2. The molecule has 1 aliphatic carbocycles. The van der Waals surface area contributed by atoms with Crippen molar-refractivity contribution < 1.29 is 9.59 Å². The van der Waals surface area contributed by atoms with Crippen molar-refractivity contribution in [2.75, 3.05) is 13.1 Å². The normalized spacial score (nSPS) is 25.1. The highest BCUT2D eigenvalue weighted by molar-refractivity contribution is 6.27. The van der Waals surface area contributed by atoms with Crippen molar-refractivity contribution in [2.24, 2.45) is 34.2 Å². The average Bonchev–Trinajstić information content (AvgIpc) is 2.56. The summed E-state index contributed by atoms with van der Waals surface area (Å²) in [6.07, 6.45) is 6.45. The van der Waals surface area contributed by atoms with Crippen LogP contribution in [0.25, 0.3) is 0 Å². The van der Waals surface area contributed by atoms with Gasteiger partial charge < -0.3 is 16.8 Å². The van der Waals surface area contributed by atoms with Gasteiger partial charge in [0.25, 0.3) is 0 Å². The molecule has 0 aliphatic heterocycles. The van der Waals surface area contributed by atoms with Crippen LogP contribution in [0.15, 0.2) is 16.9 Å². The molecule has 1 saturated carbocycles. The summed E-state index contributed by atoms with van der Waals surface area (Å²) >= 11 is 0. The van der Waals surface area contributed by atoms with E-state index in [2.05, 4.69) is 17.0 Å². The first-order valence-electron chi connectivity index (χ1n) is 7.86. The Balaban J connectivity index is 2.48. The average molecular weight is 308 g/mol. The van der Waals surface area contributed by atoms with Gasteiger partial charge in [0.2, 0.25) is 5.78 Å². The predicted octanol–water partition coefficient (Wildman–Crippen LogP) is 0.615. The number of Topliss-reactive ketones (excluding diaryl/α,β-unsaturated/α-hetero) is 1. The molecule has 0 saturated heterocycles. The molecule has 0 bridgehead atoms. The van der Waals surface area contributed by atoms with Gasteiger partial charge in [0.1, 0.15) is 0 Å². The molecule has 0 aromatic rings. The molecule has 3 unspecified atom stereocenters. The summed E-state index contributed by atoms with van der Waals surface area (Å²) in [6.45, 7) is 6.69. The van der Waals surface area contributed by atoms with Gasteiger partial charge in [0.15, 0.2) is 6.29 Å². The Morgan fingerprint density at radius 3 is 2.86 bits per heavy atom. The second kappa shape index (κ2) is 9.35. The third-order valence-electron chi connectivity index (χ3n) is 4.61. The van der Waals surface area contributed by atoms with Gasteiger partial charge >= 0.3 is 0 Å². The number of carbonyl (C=O) groups excluding carboxylic acids is 2. The monoisotopic (exact) mass is 308 g/mol. The number of rotatable bonds is 9. The minimum atomic E-state index is -0.683. The van der Waals surface area contributed by atoms with Crippen molar-refractivity contribution in [3.05, 3.63) is 11.9 Å². The standard InChI is InChI=1S/C16H28N4O2/c1-11(16(18)14(22)10-21)13-5-3-4-12(8-13)9-20-15(17)6-7-19-2/h6,10-13,16,20H,2-5,7-9,17-18H2,1H3/b15-6-/t11?,12?,13?,16-/m0/s1. The Kier molecular flexibility index (Phi) is 7.80. The van der Waals surface area contributed by atoms with E-state index in [0.29, 0.717) is 30.5 Å². The molecule has 0 spiro atoms. The fraction of sp³-hybridized carbons (Fsp3) is 0.688. The zero-order chi connectivity index (χ0) is 16.5. The highest BCUT2D eigenvalue weighted by atomic mass is 16.2. The van der Waals surface area contributed by atoms with E-state index in [9.17, 15) is 9.59 Å². The summed E-state index contributed by atoms with van der Waals surface area (Å²) in [4.78, 5) is 25.8. The third-order valence-corrected chi connectivity index (χ3v) is 4.61. The summed E-state index contributed by atoms with van der Waals surface area (Å²) in [5.74, 6) is 1.02. The van der Waals surface area contributed by atoms with Crippen molar-refractivity contribution in [3.8, 4) is 0 Å². The Bertz CT molecular complexity index is 422. The van der Waals surface area contributed by atoms with Gasteiger partial charge in [-0.1, -0.05) is 19.8 Å². The lowest BCUT2D eigenvalue weighted by Gasteiger charge is -2.35. The molecule has 4 atom stereocenters. The van der Waals surface area contributed by atoms with Crippen LogP contribution < -0.4 is 16.8 Å². The topological polar surface area (TPSA) is 111 Å². The van der Waals surface area contributed by atoms with E-state index in [1.165, 1.54) is 0 Å². The molecular formula is C16H28N4O2. The fourth-order valence-corrected chi connectivity index (χ4v) is 3.12. The van der Waals surface area contributed by atoms with Crippen LogP contribution in [0.1, 0.15) is 32.6 Å². The number of ketones is 1. The molecule has 6 nitrogen and oxygen atoms in total. The number of aldehydes is 1. The van der Waals surface area contributed by atoms with Gasteiger partial charge in [-0.3, -0.25) is 14.6 Å². The van der Waals surface area contributed by atoms with Crippen LogP contribution in [0.2, 0.25) is 0 Å². The largest absolute Gasteiger partial charge is 0.386 e. The molecule has 0 aromatic carbocycles. The van der Waals surface area contributed by atoms with Gasteiger partial charge in [-0.05, 0) is 43.4 Å². The molecule has 1 aliphatic rings. The Labute approximate surface area is 132 Å². The van der Waals surface area contributed by atoms with Gasteiger partial charge in [0, 0.05) is 6.54 Å². The van der Waals surface area contributed by atoms with Crippen molar-refractivity contribution in [1.29, 1.82) is 0 Å². The summed E-state index contributed by atoms with van der Waals surface area (Å²) in [7, 11) is 0. The minimum absolute atomic E-state index is 0.0263. The van der Waals surface area contributed by atoms with Gasteiger partial charge in [-0.2, -0.15) is 0 Å². The maximum Gasteiger partial charge on any atom is 0.212 e. The maximum absolute atomic E-state index is 11.4. The summed E-state index contributed by atoms with van der Waals surface area (Å²) in [5, 5.41) is 3.21. The predicted molar refractivity (Wildman–Crippen MR) is 88.3 cm³/mol. The third kappa shape index (κ3) is 5.60. The minimum Gasteiger partial charge on any atom is -0.386 e.